The molecule has 1 heterocycles. The summed E-state index contributed by atoms with van der Waals surface area (Å²) in [4.78, 5) is 21.8. The second kappa shape index (κ2) is 11.1. The third-order valence-electron chi connectivity index (χ3n) is 4.72. The first-order valence-electron chi connectivity index (χ1n) is 10.6. The number of ketones is 1. The molecule has 1 unspecified atom stereocenters. The highest BCUT2D eigenvalue weighted by molar-refractivity contribution is 7.55. The van der Waals surface area contributed by atoms with E-state index < -0.39 is 13.4 Å². The maximum absolute atomic E-state index is 13.3. The number of hydrogen-bond acceptors (Lipinski definition) is 7. The van der Waals surface area contributed by atoms with E-state index >= 15 is 0 Å². The Balaban J connectivity index is 2.03. The van der Waals surface area contributed by atoms with Gasteiger partial charge in [-0.05, 0) is 26.3 Å². The minimum atomic E-state index is -3.75. The van der Waals surface area contributed by atoms with E-state index in [1.165, 1.54) is 6.92 Å². The zero-order valence-corrected chi connectivity index (χ0v) is 19.4. The highest BCUT2D eigenvalue weighted by Gasteiger charge is 2.40. The smallest absolute Gasteiger partial charge is 0.349 e. The van der Waals surface area contributed by atoms with Gasteiger partial charge in [0.05, 0.1) is 30.8 Å². The molecule has 0 bridgehead atoms. The topological polar surface area (TPSA) is 90.4 Å². The largest absolute Gasteiger partial charge is 0.360 e. The molecule has 0 amide bonds. The molecule has 0 aliphatic carbocycles. The molecule has 0 aliphatic heterocycles. The van der Waals surface area contributed by atoms with Crippen molar-refractivity contribution in [2.45, 2.75) is 33.0 Å². The summed E-state index contributed by atoms with van der Waals surface area (Å²) in [6.45, 7) is 5.07. The average molecular weight is 453 g/mol. The quantitative estimate of drug-likeness (QED) is 0.393. The lowest BCUT2D eigenvalue weighted by Crippen LogP contribution is -2.30. The molecule has 0 radical (unpaired) electrons. The van der Waals surface area contributed by atoms with Crippen LogP contribution in [-0.4, -0.2) is 34.7 Å². The van der Waals surface area contributed by atoms with Crippen LogP contribution in [0.3, 0.4) is 0 Å². The van der Waals surface area contributed by atoms with Gasteiger partial charge in [-0.25, -0.2) is 9.97 Å². The molecule has 0 saturated carbocycles. The van der Waals surface area contributed by atoms with Gasteiger partial charge in [0.1, 0.15) is 5.82 Å². The highest BCUT2D eigenvalue weighted by Crippen LogP contribution is 2.53. The molecule has 168 valence electrons. The molecule has 0 saturated heterocycles. The monoisotopic (exact) mass is 453 g/mol. The summed E-state index contributed by atoms with van der Waals surface area (Å²) in [5.74, 6) is -1.18. The molecule has 32 heavy (non-hydrogen) atoms. The van der Waals surface area contributed by atoms with E-state index in [0.717, 1.165) is 11.1 Å². The Morgan fingerprint density at radius 3 is 2.16 bits per heavy atom. The molecule has 3 rings (SSSR count). The molecule has 2 aromatic carbocycles. The zero-order valence-electron chi connectivity index (χ0n) is 18.5. The van der Waals surface area contributed by atoms with E-state index in [1.54, 1.807) is 20.0 Å². The van der Waals surface area contributed by atoms with Gasteiger partial charge in [0, 0.05) is 12.0 Å². The molecule has 0 spiro atoms. The molecule has 7 nitrogen and oxygen atoms in total. The van der Waals surface area contributed by atoms with Crippen molar-refractivity contribution in [3.05, 3.63) is 78.1 Å². The van der Waals surface area contributed by atoms with Crippen molar-refractivity contribution in [1.29, 1.82) is 0 Å². The first kappa shape index (κ1) is 23.8. The lowest BCUT2D eigenvalue weighted by molar-refractivity contribution is -0.116. The number of Topliss-reactive ketones (excluding diaryl/α,β-unsaturated/α-hetero) is 1. The van der Waals surface area contributed by atoms with Crippen molar-refractivity contribution in [3.8, 4) is 11.3 Å². The minimum Gasteiger partial charge on any atom is -0.349 e. The summed E-state index contributed by atoms with van der Waals surface area (Å²) in [5, 5.41) is 3.02. The van der Waals surface area contributed by atoms with Crippen LogP contribution in [0.15, 0.2) is 66.9 Å². The van der Waals surface area contributed by atoms with Gasteiger partial charge in [0.25, 0.3) is 0 Å². The molecule has 8 heteroatoms. The fourth-order valence-electron chi connectivity index (χ4n) is 3.29. The van der Waals surface area contributed by atoms with E-state index in [4.69, 9.17) is 14.0 Å². The molecule has 1 N–H and O–H groups in total. The van der Waals surface area contributed by atoms with Crippen LogP contribution < -0.4 is 5.32 Å². The van der Waals surface area contributed by atoms with Crippen molar-refractivity contribution in [2.75, 3.05) is 18.5 Å². The van der Waals surface area contributed by atoms with Gasteiger partial charge in [-0.3, -0.25) is 9.36 Å². The number of benzene rings is 2. The number of aromatic nitrogens is 2. The van der Waals surface area contributed by atoms with Gasteiger partial charge in [0.2, 0.25) is 0 Å². The first-order chi connectivity index (χ1) is 15.5. The van der Waals surface area contributed by atoms with Crippen LogP contribution in [0.1, 0.15) is 32.0 Å². The molecule has 1 aromatic heterocycles. The summed E-state index contributed by atoms with van der Waals surface area (Å²) >= 11 is 0. The summed E-state index contributed by atoms with van der Waals surface area (Å²) in [7, 11) is -3.75. The van der Waals surface area contributed by atoms with Gasteiger partial charge in [-0.2, -0.15) is 0 Å². The predicted molar refractivity (Wildman–Crippen MR) is 126 cm³/mol. The number of hydrogen-bond donors (Lipinski definition) is 1. The number of carbonyl (C=O) groups is 1. The minimum absolute atomic E-state index is 0.151. The molecular weight excluding hydrogens is 425 g/mol. The fraction of sp³-hybridized carbons (Fsp3) is 0.292. The summed E-state index contributed by atoms with van der Waals surface area (Å²) in [6, 6.07) is 19.6. The summed E-state index contributed by atoms with van der Waals surface area (Å²) < 4.78 is 24.2. The van der Waals surface area contributed by atoms with Crippen LogP contribution in [0.4, 0.5) is 5.82 Å². The Kier molecular flexibility index (Phi) is 8.28. The van der Waals surface area contributed by atoms with E-state index in [2.05, 4.69) is 10.3 Å². The first-order valence-corrected chi connectivity index (χ1v) is 12.2. The van der Waals surface area contributed by atoms with Gasteiger partial charge in [-0.15, -0.1) is 0 Å². The molecule has 0 aliphatic rings. The van der Waals surface area contributed by atoms with Crippen molar-refractivity contribution < 1.29 is 18.4 Å². The fourth-order valence-corrected chi connectivity index (χ4v) is 5.11. The number of anilines is 1. The second-order valence-electron chi connectivity index (χ2n) is 7.11. The second-order valence-corrected chi connectivity index (χ2v) is 9.22. The maximum Gasteiger partial charge on any atom is 0.360 e. The van der Waals surface area contributed by atoms with Crippen molar-refractivity contribution in [3.63, 3.8) is 0 Å². The molecule has 0 fully saturated rings. The van der Waals surface area contributed by atoms with Gasteiger partial charge in [0.15, 0.2) is 11.6 Å². The summed E-state index contributed by atoms with van der Waals surface area (Å²) in [6.07, 6.45) is 2.12. The van der Waals surface area contributed by atoms with Crippen LogP contribution >= 0.6 is 7.60 Å². The SMILES string of the molecule is CCOP(=O)(OCC)C(Nc1ncc(-c2ccccc2)nc1Cc1ccccc1)C(C)=O. The van der Waals surface area contributed by atoms with Crippen LogP contribution in [0.25, 0.3) is 11.3 Å². The average Bonchev–Trinajstić information content (AvgIpc) is 2.79. The number of nitrogens with zero attached hydrogens (tertiary/aromatic N) is 2. The molecule has 3 aromatic rings. The van der Waals surface area contributed by atoms with Gasteiger partial charge >= 0.3 is 7.60 Å². The number of rotatable bonds is 11. The van der Waals surface area contributed by atoms with E-state index in [9.17, 15) is 9.36 Å². The Morgan fingerprint density at radius 2 is 1.59 bits per heavy atom. The third-order valence-corrected chi connectivity index (χ3v) is 7.08. The molecule has 1 atom stereocenters. The lowest BCUT2D eigenvalue weighted by Gasteiger charge is -2.26. The van der Waals surface area contributed by atoms with Gasteiger partial charge < -0.3 is 14.4 Å². The van der Waals surface area contributed by atoms with E-state index in [-0.39, 0.29) is 19.0 Å². The number of nitrogens with one attached hydrogen (secondary N) is 1. The third kappa shape index (κ3) is 5.88. The predicted octanol–water partition coefficient (Wildman–Crippen LogP) is 5.33. The van der Waals surface area contributed by atoms with Crippen LogP contribution in [0.2, 0.25) is 0 Å². The lowest BCUT2D eigenvalue weighted by atomic mass is 10.1. The Labute approximate surface area is 188 Å². The summed E-state index contributed by atoms with van der Waals surface area (Å²) in [5.41, 5.74) is 3.30. The van der Waals surface area contributed by atoms with Crippen molar-refractivity contribution >= 4 is 19.2 Å². The van der Waals surface area contributed by atoms with Crippen molar-refractivity contribution in [2.24, 2.45) is 0 Å². The van der Waals surface area contributed by atoms with E-state index in [1.807, 2.05) is 60.7 Å². The standard InChI is InChI=1S/C24H28N3O4P/c1-4-30-32(29,31-5-2)24(18(3)28)27-23-21(16-19-12-8-6-9-13-19)26-22(17-25-23)20-14-10-7-11-15-20/h6-15,17,24H,4-5,16H2,1-3H3,(H,25,27). The number of carbonyl (C=O) groups excluding carboxylic acids is 1. The Morgan fingerprint density at radius 1 is 1.00 bits per heavy atom. The highest BCUT2D eigenvalue weighted by atomic mass is 31.2. The van der Waals surface area contributed by atoms with Crippen molar-refractivity contribution in [1.82, 2.24) is 9.97 Å². The zero-order chi connectivity index (χ0) is 23.0. The van der Waals surface area contributed by atoms with Crippen LogP contribution in [0, 0.1) is 0 Å². The van der Waals surface area contributed by atoms with E-state index in [0.29, 0.717) is 23.6 Å². The van der Waals surface area contributed by atoms with Gasteiger partial charge in [-0.1, -0.05) is 60.7 Å². The Hall–Kier alpha value is -2.86. The van der Waals surface area contributed by atoms with Crippen LogP contribution in [-0.2, 0) is 24.8 Å². The maximum atomic E-state index is 13.3. The Bertz CT molecular complexity index is 1070. The molecular formula is C24H28N3O4P. The normalized spacial score (nSPS) is 12.3. The van der Waals surface area contributed by atoms with Crippen LogP contribution in [0.5, 0.6) is 0 Å².